The van der Waals surface area contributed by atoms with Crippen LogP contribution in [0.5, 0.6) is 0 Å². The molecule has 21 heavy (non-hydrogen) atoms. The second-order valence-electron chi connectivity index (χ2n) is 4.53. The van der Waals surface area contributed by atoms with E-state index in [4.69, 9.17) is 15.5 Å². The lowest BCUT2D eigenvalue weighted by Gasteiger charge is -2.04. The number of fused-ring (bicyclic) bond motifs is 1. The van der Waals surface area contributed by atoms with E-state index in [1.807, 2.05) is 12.1 Å². The van der Waals surface area contributed by atoms with Crippen molar-refractivity contribution in [3.8, 4) is 17.2 Å². The summed E-state index contributed by atoms with van der Waals surface area (Å²) in [6.07, 6.45) is 0. The Bertz CT molecular complexity index is 905. The van der Waals surface area contributed by atoms with Crippen molar-refractivity contribution in [1.82, 2.24) is 0 Å². The molecule has 0 fully saturated rings. The van der Waals surface area contributed by atoms with Crippen LogP contribution >= 0.6 is 0 Å². The molecule has 3 rings (SSSR count). The average molecular weight is 277 g/mol. The molecular weight excluding hydrogens is 266 g/mol. The Morgan fingerprint density at radius 2 is 1.86 bits per heavy atom. The quantitative estimate of drug-likeness (QED) is 0.427. The van der Waals surface area contributed by atoms with Gasteiger partial charge in [0, 0.05) is 11.5 Å². The van der Waals surface area contributed by atoms with Crippen molar-refractivity contribution in [3.63, 3.8) is 0 Å². The predicted octanol–water partition coefficient (Wildman–Crippen LogP) is 2.62. The van der Waals surface area contributed by atoms with Gasteiger partial charge >= 0.3 is 5.63 Å². The molecule has 0 aliphatic heterocycles. The van der Waals surface area contributed by atoms with Crippen molar-refractivity contribution in [2.24, 2.45) is 5.84 Å². The molecule has 2 aromatic carbocycles. The fourth-order valence-corrected chi connectivity index (χ4v) is 2.13. The zero-order chi connectivity index (χ0) is 14.8. The highest BCUT2D eigenvalue weighted by molar-refractivity contribution is 5.84. The van der Waals surface area contributed by atoms with Crippen LogP contribution in [0.1, 0.15) is 5.56 Å². The predicted molar refractivity (Wildman–Crippen MR) is 80.4 cm³/mol. The molecule has 0 spiro atoms. The van der Waals surface area contributed by atoms with Crippen LogP contribution in [0.2, 0.25) is 0 Å². The summed E-state index contributed by atoms with van der Waals surface area (Å²) in [4.78, 5) is 12.1. The van der Waals surface area contributed by atoms with Gasteiger partial charge in [-0.25, -0.2) is 4.79 Å². The molecule has 5 heteroatoms. The summed E-state index contributed by atoms with van der Waals surface area (Å²) in [6.45, 7) is 0. The Morgan fingerprint density at radius 1 is 1.10 bits per heavy atom. The van der Waals surface area contributed by atoms with Crippen LogP contribution in [0.25, 0.3) is 22.1 Å². The molecule has 102 valence electrons. The van der Waals surface area contributed by atoms with Crippen molar-refractivity contribution in [2.75, 3.05) is 5.43 Å². The van der Waals surface area contributed by atoms with Gasteiger partial charge < -0.3 is 9.84 Å². The van der Waals surface area contributed by atoms with Gasteiger partial charge in [-0.3, -0.25) is 5.84 Å². The number of rotatable bonds is 2. The summed E-state index contributed by atoms with van der Waals surface area (Å²) in [5, 5.41) is 9.60. The molecule has 0 radical (unpaired) electrons. The zero-order valence-corrected chi connectivity index (χ0v) is 11.0. The highest BCUT2D eigenvalue weighted by Gasteiger charge is 2.08. The monoisotopic (exact) mass is 277 g/mol. The van der Waals surface area contributed by atoms with Crippen LogP contribution in [0.15, 0.2) is 57.7 Å². The molecule has 0 unspecified atom stereocenters. The number of nitrogen functional groups attached to an aromatic ring is 1. The Balaban J connectivity index is 2.16. The fraction of sp³-hybridized carbons (Fsp3) is 0. The first-order valence-corrected chi connectivity index (χ1v) is 6.26. The lowest BCUT2D eigenvalue weighted by Crippen LogP contribution is -2.07. The van der Waals surface area contributed by atoms with Crippen LogP contribution in [0.3, 0.4) is 0 Å². The number of nitrogens with one attached hydrogen (secondary N) is 1. The first kappa shape index (κ1) is 12.9. The standard InChI is InChI=1S/C16H11N3O2/c17-9-10-1-3-11(4-2-10)14-7-12-5-6-13(19-18)8-15(12)21-16(14)20/h1-8,19H,18H2. The highest BCUT2D eigenvalue weighted by atomic mass is 16.4. The summed E-state index contributed by atoms with van der Waals surface area (Å²) in [6, 6.07) is 15.9. The van der Waals surface area contributed by atoms with Gasteiger partial charge in [0.1, 0.15) is 5.58 Å². The van der Waals surface area contributed by atoms with E-state index >= 15 is 0 Å². The molecule has 0 atom stereocenters. The van der Waals surface area contributed by atoms with E-state index in [9.17, 15) is 4.79 Å². The smallest absolute Gasteiger partial charge is 0.344 e. The maximum Gasteiger partial charge on any atom is 0.344 e. The molecule has 0 amide bonds. The van der Waals surface area contributed by atoms with Gasteiger partial charge in [0.15, 0.2) is 0 Å². The van der Waals surface area contributed by atoms with E-state index in [1.54, 1.807) is 42.5 Å². The molecule has 3 N–H and O–H groups in total. The largest absolute Gasteiger partial charge is 0.422 e. The summed E-state index contributed by atoms with van der Waals surface area (Å²) in [5.74, 6) is 5.33. The number of anilines is 1. The number of nitrogens with zero attached hydrogens (tertiary/aromatic N) is 1. The minimum Gasteiger partial charge on any atom is -0.422 e. The van der Waals surface area contributed by atoms with Crippen LogP contribution in [-0.4, -0.2) is 0 Å². The van der Waals surface area contributed by atoms with Crippen molar-refractivity contribution in [2.45, 2.75) is 0 Å². The molecular formula is C16H11N3O2. The topological polar surface area (TPSA) is 92.1 Å². The number of benzene rings is 2. The Kier molecular flexibility index (Phi) is 3.14. The summed E-state index contributed by atoms with van der Waals surface area (Å²) in [7, 11) is 0. The molecule has 3 aromatic rings. The number of hydrazine groups is 1. The van der Waals surface area contributed by atoms with Gasteiger partial charge in [0.25, 0.3) is 0 Å². The molecule has 5 nitrogen and oxygen atoms in total. The number of hydrogen-bond donors (Lipinski definition) is 2. The molecule has 0 saturated heterocycles. The van der Waals surface area contributed by atoms with Gasteiger partial charge in [-0.2, -0.15) is 5.26 Å². The molecule has 0 bridgehead atoms. The van der Waals surface area contributed by atoms with Gasteiger partial charge in [-0.05, 0) is 35.9 Å². The average Bonchev–Trinajstić information content (AvgIpc) is 2.53. The second-order valence-corrected chi connectivity index (χ2v) is 4.53. The fourth-order valence-electron chi connectivity index (χ4n) is 2.13. The Labute approximate surface area is 120 Å². The molecule has 0 aliphatic carbocycles. The zero-order valence-electron chi connectivity index (χ0n) is 11.0. The van der Waals surface area contributed by atoms with Gasteiger partial charge in [-0.15, -0.1) is 0 Å². The molecule has 0 aliphatic rings. The first-order chi connectivity index (χ1) is 10.2. The minimum absolute atomic E-state index is 0.429. The third-order valence-electron chi connectivity index (χ3n) is 3.23. The number of nitrogens with two attached hydrogens (primary N) is 1. The van der Waals surface area contributed by atoms with Crippen molar-refractivity contribution in [1.29, 1.82) is 5.26 Å². The van der Waals surface area contributed by atoms with E-state index in [1.165, 1.54) is 0 Å². The van der Waals surface area contributed by atoms with Gasteiger partial charge in [-0.1, -0.05) is 12.1 Å². The third kappa shape index (κ3) is 2.36. The SMILES string of the molecule is N#Cc1ccc(-c2cc3ccc(NN)cc3oc2=O)cc1. The number of hydrogen-bond acceptors (Lipinski definition) is 5. The van der Waals surface area contributed by atoms with Crippen LogP contribution in [0.4, 0.5) is 5.69 Å². The summed E-state index contributed by atoms with van der Waals surface area (Å²) in [5.41, 5.74) is 4.92. The maximum atomic E-state index is 12.1. The van der Waals surface area contributed by atoms with Crippen molar-refractivity contribution < 1.29 is 4.42 Å². The van der Waals surface area contributed by atoms with E-state index in [0.717, 1.165) is 5.39 Å². The van der Waals surface area contributed by atoms with E-state index < -0.39 is 5.63 Å². The highest BCUT2D eigenvalue weighted by Crippen LogP contribution is 2.23. The van der Waals surface area contributed by atoms with Crippen LogP contribution in [-0.2, 0) is 0 Å². The van der Waals surface area contributed by atoms with Crippen LogP contribution in [0, 0.1) is 11.3 Å². The summed E-state index contributed by atoms with van der Waals surface area (Å²) < 4.78 is 5.33. The van der Waals surface area contributed by atoms with E-state index in [0.29, 0.717) is 28.0 Å². The first-order valence-electron chi connectivity index (χ1n) is 6.26. The van der Waals surface area contributed by atoms with Gasteiger partial charge in [0.2, 0.25) is 0 Å². The summed E-state index contributed by atoms with van der Waals surface area (Å²) >= 11 is 0. The maximum absolute atomic E-state index is 12.1. The number of nitriles is 1. The lowest BCUT2D eigenvalue weighted by molar-refractivity contribution is 0.563. The lowest BCUT2D eigenvalue weighted by atomic mass is 10.0. The normalized spacial score (nSPS) is 10.3. The van der Waals surface area contributed by atoms with E-state index in [-0.39, 0.29) is 0 Å². The van der Waals surface area contributed by atoms with Crippen molar-refractivity contribution >= 4 is 16.7 Å². The van der Waals surface area contributed by atoms with Gasteiger partial charge in [0.05, 0.1) is 22.9 Å². The third-order valence-corrected chi connectivity index (χ3v) is 3.23. The van der Waals surface area contributed by atoms with Crippen LogP contribution < -0.4 is 16.9 Å². The second kappa shape index (κ2) is 5.12. The van der Waals surface area contributed by atoms with Crippen molar-refractivity contribution in [3.05, 3.63) is 64.5 Å². The van der Waals surface area contributed by atoms with E-state index in [2.05, 4.69) is 5.43 Å². The molecule has 1 aromatic heterocycles. The minimum atomic E-state index is -0.429. The Morgan fingerprint density at radius 3 is 2.52 bits per heavy atom. The molecule has 0 saturated carbocycles. The Hall–Kier alpha value is -3.10. The molecule has 1 heterocycles.